The Balaban J connectivity index is 0.000000118. The summed E-state index contributed by atoms with van der Waals surface area (Å²) in [6, 6.07) is 25.0. The minimum Gasteiger partial charge on any atom is -0.462 e. The number of thiophene rings is 2. The van der Waals surface area contributed by atoms with Gasteiger partial charge in [0.2, 0.25) is 0 Å². The van der Waals surface area contributed by atoms with Crippen molar-refractivity contribution in [2.75, 3.05) is 0 Å². The number of hydrogen-bond donors (Lipinski definition) is 0. The Bertz CT molecular complexity index is 2360. The highest BCUT2D eigenvalue weighted by Crippen LogP contribution is 2.39. The molecule has 0 saturated carbocycles. The van der Waals surface area contributed by atoms with Crippen LogP contribution in [-0.2, 0) is 0 Å². The van der Waals surface area contributed by atoms with Crippen LogP contribution in [0, 0.1) is 48.5 Å². The number of aryl methyl sites for hydroxylation is 7. The number of halogens is 1. The van der Waals surface area contributed by atoms with Crippen LogP contribution in [0.2, 0.25) is 4.34 Å². The van der Waals surface area contributed by atoms with E-state index in [4.69, 9.17) is 26.0 Å². The van der Waals surface area contributed by atoms with Crippen molar-refractivity contribution in [3.63, 3.8) is 0 Å². The number of nitrogens with zero attached hydrogens (tertiary/aromatic N) is 3. The van der Waals surface area contributed by atoms with E-state index in [1.165, 1.54) is 57.2 Å². The maximum atomic E-state index is 5.97. The molecule has 0 atom stereocenters. The summed E-state index contributed by atoms with van der Waals surface area (Å²) in [7, 11) is 0. The van der Waals surface area contributed by atoms with E-state index in [0.717, 1.165) is 46.5 Å². The van der Waals surface area contributed by atoms with Gasteiger partial charge in [-0.05, 0) is 118 Å². The molecule has 0 unspecified atom stereocenters. The fraction of sp³-hybridized carbons (Fsp3) is 0.175. The van der Waals surface area contributed by atoms with E-state index >= 15 is 0 Å². The second-order valence-electron chi connectivity index (χ2n) is 12.2. The zero-order valence-corrected chi connectivity index (χ0v) is 33.5. The molecule has 9 aromatic rings. The van der Waals surface area contributed by atoms with Gasteiger partial charge in [-0.3, -0.25) is 0 Å². The maximum absolute atomic E-state index is 5.97. The summed E-state index contributed by atoms with van der Waals surface area (Å²) in [4.78, 5) is 17.9. The highest BCUT2D eigenvalue weighted by Gasteiger charge is 2.14. The standard InChI is InChI=1S/C14H13NS2.C13H10ClNS2.C13H11NOS/c1-8-4-5-9(2)13-12(8)15-14(17-13)11-7-6-10(3)16-11;1-7-3-4-8(2)12-11(7)15-13(17-12)9-5-6-10(14)16-9;1-8-5-6-9(2)12-11(8)14-13(16-12)10-4-3-7-15-10/h4-7H,1-3H3;3-6H,1-2H3;3-7H,1-2H3. The van der Waals surface area contributed by atoms with Gasteiger partial charge in [0.25, 0.3) is 0 Å². The second kappa shape index (κ2) is 14.5. The number of fused-ring (bicyclic) bond motifs is 3. The number of thiazole rings is 3. The third-order valence-electron chi connectivity index (χ3n) is 8.29. The van der Waals surface area contributed by atoms with Crippen LogP contribution in [0.25, 0.3) is 61.2 Å². The molecule has 6 aromatic heterocycles. The lowest BCUT2D eigenvalue weighted by atomic mass is 10.1. The molecule has 0 aliphatic heterocycles. The molecule has 9 rings (SSSR count). The maximum Gasteiger partial charge on any atom is 0.162 e. The van der Waals surface area contributed by atoms with E-state index in [1.54, 1.807) is 51.6 Å². The zero-order chi connectivity index (χ0) is 35.1. The minimum atomic E-state index is 0.813. The quantitative estimate of drug-likeness (QED) is 0.180. The first-order valence-corrected chi connectivity index (χ1v) is 20.5. The van der Waals surface area contributed by atoms with Crippen LogP contribution in [-0.4, -0.2) is 15.0 Å². The van der Waals surface area contributed by atoms with Gasteiger partial charge in [-0.2, -0.15) is 0 Å². The Morgan fingerprint density at radius 1 is 0.460 bits per heavy atom. The fourth-order valence-corrected chi connectivity index (χ4v) is 10.8. The molecule has 0 spiro atoms. The van der Waals surface area contributed by atoms with Crippen molar-refractivity contribution in [3.8, 4) is 30.5 Å². The van der Waals surface area contributed by atoms with E-state index in [9.17, 15) is 0 Å². The Morgan fingerprint density at radius 3 is 1.30 bits per heavy atom. The molecule has 0 radical (unpaired) electrons. The molecule has 0 amide bonds. The van der Waals surface area contributed by atoms with Crippen LogP contribution in [0.15, 0.2) is 83.5 Å². The number of hydrogen-bond acceptors (Lipinski definition) is 9. The van der Waals surface area contributed by atoms with Gasteiger partial charge in [0.05, 0.1) is 51.0 Å². The summed E-state index contributed by atoms with van der Waals surface area (Å²) in [6.07, 6.45) is 1.68. The van der Waals surface area contributed by atoms with E-state index in [1.807, 2.05) is 35.6 Å². The summed E-state index contributed by atoms with van der Waals surface area (Å²) >= 11 is 14.6. The molecule has 10 heteroatoms. The second-order valence-corrected chi connectivity index (χ2v) is 18.2. The predicted octanol–water partition coefficient (Wildman–Crippen LogP) is 14.4. The van der Waals surface area contributed by atoms with Gasteiger partial charge in [-0.15, -0.1) is 56.7 Å². The molecular weight excluding hydrogens is 734 g/mol. The molecule has 252 valence electrons. The summed E-state index contributed by atoms with van der Waals surface area (Å²) in [6.45, 7) is 14.9. The van der Waals surface area contributed by atoms with Crippen LogP contribution in [0.1, 0.15) is 38.3 Å². The van der Waals surface area contributed by atoms with E-state index in [0.29, 0.717) is 0 Å². The topological polar surface area (TPSA) is 51.8 Å². The molecule has 50 heavy (non-hydrogen) atoms. The van der Waals surface area contributed by atoms with E-state index in [2.05, 4.69) is 102 Å². The third-order valence-corrected chi connectivity index (χ3v) is 14.5. The first kappa shape index (κ1) is 34.7. The van der Waals surface area contributed by atoms with E-state index < -0.39 is 0 Å². The fourth-order valence-electron chi connectivity index (χ4n) is 5.47. The highest BCUT2D eigenvalue weighted by molar-refractivity contribution is 7.27. The Morgan fingerprint density at radius 2 is 0.900 bits per heavy atom. The third kappa shape index (κ3) is 7.08. The van der Waals surface area contributed by atoms with Gasteiger partial charge in [-0.25, -0.2) is 15.0 Å². The van der Waals surface area contributed by atoms with Crippen molar-refractivity contribution in [1.82, 2.24) is 15.0 Å². The molecule has 0 aliphatic rings. The molecule has 0 N–H and O–H groups in total. The van der Waals surface area contributed by atoms with Gasteiger partial charge in [0.15, 0.2) is 10.8 Å². The molecule has 0 aliphatic carbocycles. The van der Waals surface area contributed by atoms with Gasteiger partial charge in [0, 0.05) is 4.88 Å². The van der Waals surface area contributed by atoms with E-state index in [-0.39, 0.29) is 0 Å². The Kier molecular flexibility index (Phi) is 10.1. The van der Waals surface area contributed by atoms with Gasteiger partial charge < -0.3 is 4.42 Å². The van der Waals surface area contributed by atoms with Crippen molar-refractivity contribution in [1.29, 1.82) is 0 Å². The Labute approximate surface area is 316 Å². The predicted molar refractivity (Wildman–Crippen MR) is 221 cm³/mol. The number of aromatic nitrogens is 3. The summed E-state index contributed by atoms with van der Waals surface area (Å²) in [5.74, 6) is 0.847. The van der Waals surface area contributed by atoms with Crippen LogP contribution in [0.5, 0.6) is 0 Å². The largest absolute Gasteiger partial charge is 0.462 e. The first-order chi connectivity index (χ1) is 24.0. The van der Waals surface area contributed by atoms with Crippen LogP contribution in [0.3, 0.4) is 0 Å². The summed E-state index contributed by atoms with van der Waals surface area (Å²) in [5, 5.41) is 3.17. The number of rotatable bonds is 3. The molecule has 0 fully saturated rings. The van der Waals surface area contributed by atoms with Gasteiger partial charge in [-0.1, -0.05) is 48.0 Å². The lowest BCUT2D eigenvalue weighted by molar-refractivity contribution is 0.582. The van der Waals surface area contributed by atoms with Crippen molar-refractivity contribution in [3.05, 3.63) is 122 Å². The SMILES string of the molecule is Cc1ccc(-c2nc3c(C)ccc(C)c3s2)s1.Cc1ccc(C)c2sc(-c3ccc(Cl)s3)nc12.Cc1ccc(C)c2sc(-c3ccco3)nc12. The number of benzene rings is 3. The lowest BCUT2D eigenvalue weighted by Gasteiger charge is -1.96. The van der Waals surface area contributed by atoms with Crippen LogP contribution in [0.4, 0.5) is 0 Å². The molecular formula is C40H34ClN3OS5. The van der Waals surface area contributed by atoms with Crippen molar-refractivity contribution < 1.29 is 4.42 Å². The molecule has 0 bridgehead atoms. The van der Waals surface area contributed by atoms with Gasteiger partial charge in [0.1, 0.15) is 10.0 Å². The summed E-state index contributed by atoms with van der Waals surface area (Å²) < 4.78 is 10.1. The molecule has 6 heterocycles. The summed E-state index contributed by atoms with van der Waals surface area (Å²) in [5.41, 5.74) is 11.0. The Hall–Kier alpha value is -3.70. The average molecular weight is 769 g/mol. The molecule has 0 saturated heterocycles. The number of furan rings is 1. The van der Waals surface area contributed by atoms with Crippen LogP contribution < -0.4 is 0 Å². The monoisotopic (exact) mass is 767 g/mol. The smallest absolute Gasteiger partial charge is 0.162 e. The molecule has 4 nitrogen and oxygen atoms in total. The van der Waals surface area contributed by atoms with Gasteiger partial charge >= 0.3 is 0 Å². The highest BCUT2D eigenvalue weighted by atomic mass is 35.5. The van der Waals surface area contributed by atoms with Crippen molar-refractivity contribution in [2.24, 2.45) is 0 Å². The average Bonchev–Trinajstić information content (AvgIpc) is 3.94. The molecule has 3 aromatic carbocycles. The van der Waals surface area contributed by atoms with Crippen molar-refractivity contribution in [2.45, 2.75) is 48.5 Å². The van der Waals surface area contributed by atoms with Crippen molar-refractivity contribution >= 4 is 98.9 Å². The first-order valence-electron chi connectivity index (χ1n) is 16.0. The zero-order valence-electron chi connectivity index (χ0n) is 28.7. The lowest BCUT2D eigenvalue weighted by Crippen LogP contribution is -1.78. The van der Waals surface area contributed by atoms with Crippen LogP contribution >= 0.6 is 68.3 Å². The normalized spacial score (nSPS) is 11.2. The minimum absolute atomic E-state index is 0.813.